The van der Waals surface area contributed by atoms with Gasteiger partial charge in [0.1, 0.15) is 17.3 Å². The summed E-state index contributed by atoms with van der Waals surface area (Å²) in [5.74, 6) is -1.95. The summed E-state index contributed by atoms with van der Waals surface area (Å²) < 4.78 is 97.4. The van der Waals surface area contributed by atoms with E-state index < -0.39 is 63.6 Å². The maximum atomic E-state index is 14.0. The van der Waals surface area contributed by atoms with Gasteiger partial charge >= 0.3 is 0 Å². The van der Waals surface area contributed by atoms with Gasteiger partial charge in [-0.15, -0.1) is 0 Å². The molecule has 2 aliphatic carbocycles. The zero-order valence-electron chi connectivity index (χ0n) is 16.1. The molecule has 0 radical (unpaired) electrons. The highest BCUT2D eigenvalue weighted by Crippen LogP contribution is 2.41. The third kappa shape index (κ3) is 5.21. The van der Waals surface area contributed by atoms with E-state index in [1.54, 1.807) is 6.92 Å². The van der Waals surface area contributed by atoms with Gasteiger partial charge in [-0.2, -0.15) is 0 Å². The molecule has 1 N–H and O–H groups in total. The lowest BCUT2D eigenvalue weighted by molar-refractivity contribution is 0.136. The average molecular weight is 451 g/mol. The fourth-order valence-electron chi connectivity index (χ4n) is 3.96. The Morgan fingerprint density at radius 3 is 2.63 bits per heavy atom. The molecule has 30 heavy (non-hydrogen) atoms. The Kier molecular flexibility index (Phi) is 6.86. The van der Waals surface area contributed by atoms with Crippen LogP contribution in [-0.2, 0) is 14.6 Å². The van der Waals surface area contributed by atoms with Crippen molar-refractivity contribution in [2.45, 2.75) is 43.9 Å². The molecule has 3 rings (SSSR count). The van der Waals surface area contributed by atoms with E-state index in [2.05, 4.69) is 5.32 Å². The van der Waals surface area contributed by atoms with Crippen LogP contribution in [0.2, 0.25) is 0 Å². The topological polar surface area (TPSA) is 55.4 Å². The highest BCUT2D eigenvalue weighted by Gasteiger charge is 2.46. The molecule has 0 aromatic rings. The second kappa shape index (κ2) is 9.05. The number of fused-ring (bicyclic) bond motifs is 1. The van der Waals surface area contributed by atoms with Gasteiger partial charge < -0.3 is 10.1 Å². The summed E-state index contributed by atoms with van der Waals surface area (Å²) in [4.78, 5) is 0. The van der Waals surface area contributed by atoms with Gasteiger partial charge in [0.25, 0.3) is 12.9 Å². The number of allylic oxidation sites excluding steroid dienone is 7. The van der Waals surface area contributed by atoms with Crippen LogP contribution in [0.15, 0.2) is 58.9 Å². The number of nitrogens with one attached hydrogen (secondary N) is 1. The molecule has 0 bridgehead atoms. The summed E-state index contributed by atoms with van der Waals surface area (Å²) >= 11 is 0. The van der Waals surface area contributed by atoms with Crippen molar-refractivity contribution in [1.29, 1.82) is 0 Å². The van der Waals surface area contributed by atoms with Crippen LogP contribution < -0.4 is 5.32 Å². The molecule has 0 aromatic heterocycles. The molecule has 166 valence electrons. The maximum Gasteiger partial charge on any atom is 0.264 e. The number of ether oxygens (including phenoxy) is 1. The summed E-state index contributed by atoms with van der Waals surface area (Å²) in [6, 6.07) is -0.871. The largest absolute Gasteiger partial charge is 0.458 e. The van der Waals surface area contributed by atoms with E-state index >= 15 is 0 Å². The van der Waals surface area contributed by atoms with E-state index in [1.165, 1.54) is 30.4 Å². The van der Waals surface area contributed by atoms with E-state index in [0.29, 0.717) is 5.57 Å². The first kappa shape index (κ1) is 22.7. The van der Waals surface area contributed by atoms with Crippen LogP contribution in [0, 0.1) is 5.92 Å². The third-order valence-corrected chi connectivity index (χ3v) is 7.36. The highest BCUT2D eigenvalue weighted by molar-refractivity contribution is 7.92. The van der Waals surface area contributed by atoms with Gasteiger partial charge in [-0.1, -0.05) is 6.08 Å². The molecule has 1 fully saturated rings. The average Bonchev–Trinajstić information content (AvgIpc) is 2.78. The minimum absolute atomic E-state index is 0.0441. The van der Waals surface area contributed by atoms with Crippen LogP contribution in [0.4, 0.5) is 22.0 Å². The van der Waals surface area contributed by atoms with Crippen LogP contribution >= 0.6 is 0 Å². The Morgan fingerprint density at radius 1 is 1.23 bits per heavy atom. The fraction of sp³-hybridized carbons (Fsp3) is 0.500. The lowest BCUT2D eigenvalue weighted by Crippen LogP contribution is -2.50. The predicted molar refractivity (Wildman–Crippen MR) is 102 cm³/mol. The molecule has 10 heteroatoms. The second-order valence-electron chi connectivity index (χ2n) is 7.50. The van der Waals surface area contributed by atoms with Crippen molar-refractivity contribution in [2.24, 2.45) is 5.92 Å². The van der Waals surface area contributed by atoms with Crippen molar-refractivity contribution in [2.75, 3.05) is 12.3 Å². The molecule has 1 aliphatic heterocycles. The molecule has 3 unspecified atom stereocenters. The van der Waals surface area contributed by atoms with Gasteiger partial charge in [0.15, 0.2) is 9.84 Å². The van der Waals surface area contributed by atoms with Gasteiger partial charge in [0.2, 0.25) is 0 Å². The third-order valence-electron chi connectivity index (χ3n) is 5.18. The van der Waals surface area contributed by atoms with Crippen LogP contribution in [0.25, 0.3) is 0 Å². The Morgan fingerprint density at radius 2 is 1.97 bits per heavy atom. The molecular weight excluding hydrogens is 429 g/mol. The zero-order valence-corrected chi connectivity index (χ0v) is 16.9. The van der Waals surface area contributed by atoms with Crippen molar-refractivity contribution in [3.8, 4) is 0 Å². The maximum absolute atomic E-state index is 14.0. The van der Waals surface area contributed by atoms with Crippen LogP contribution in [0.5, 0.6) is 0 Å². The smallest absolute Gasteiger partial charge is 0.264 e. The molecule has 0 aromatic carbocycles. The number of halogens is 5. The van der Waals surface area contributed by atoms with Crippen molar-refractivity contribution in [1.82, 2.24) is 5.32 Å². The normalized spacial score (nSPS) is 28.7. The first-order valence-electron chi connectivity index (χ1n) is 9.42. The van der Waals surface area contributed by atoms with Gasteiger partial charge in [-0.3, -0.25) is 0 Å². The van der Waals surface area contributed by atoms with E-state index in [1.807, 2.05) is 0 Å². The summed E-state index contributed by atoms with van der Waals surface area (Å²) in [6.45, 7) is 0.907. The zero-order chi connectivity index (χ0) is 22.1. The quantitative estimate of drug-likeness (QED) is 0.615. The number of sulfone groups is 1. The van der Waals surface area contributed by atoms with Crippen LogP contribution in [0.3, 0.4) is 0 Å². The molecule has 4 nitrogen and oxygen atoms in total. The van der Waals surface area contributed by atoms with Gasteiger partial charge in [-0.05, 0) is 43.2 Å². The van der Waals surface area contributed by atoms with Crippen LogP contribution in [0.1, 0.15) is 19.8 Å². The summed E-state index contributed by atoms with van der Waals surface area (Å²) in [6.07, 6.45) is 0.899. The number of hydrogen-bond donors (Lipinski definition) is 1. The molecule has 3 atom stereocenters. The minimum Gasteiger partial charge on any atom is -0.458 e. The standard InChI is InChI=1S/C20H22F5NO3S/c1-11-6-12(21)2-3-14(7-11)29-16-4-5-17-15(19(16)20(24)25)8-13(10-30(17,27)28)26-9-18(22)23/h3-7,13,15,17-18,20,26H,2,8-10H2,1H3. The lowest BCUT2D eigenvalue weighted by Gasteiger charge is -2.38. The molecule has 0 saturated carbocycles. The van der Waals surface area contributed by atoms with Crippen molar-refractivity contribution in [3.63, 3.8) is 0 Å². The second-order valence-corrected chi connectivity index (χ2v) is 9.71. The fourth-order valence-corrected chi connectivity index (χ4v) is 6.07. The van der Waals surface area contributed by atoms with E-state index in [0.717, 1.165) is 0 Å². The van der Waals surface area contributed by atoms with E-state index in [4.69, 9.17) is 4.74 Å². The monoisotopic (exact) mass is 451 g/mol. The Hall–Kier alpha value is -1.94. The molecule has 0 amide bonds. The molecular formula is C20H22F5NO3S. The predicted octanol–water partition coefficient (Wildman–Crippen LogP) is 4.21. The Balaban J connectivity index is 1.91. The number of hydrogen-bond acceptors (Lipinski definition) is 4. The van der Waals surface area contributed by atoms with Crippen molar-refractivity contribution >= 4 is 9.84 Å². The first-order valence-corrected chi connectivity index (χ1v) is 11.1. The molecule has 1 saturated heterocycles. The number of alkyl halides is 4. The Bertz CT molecular complexity index is 934. The summed E-state index contributed by atoms with van der Waals surface area (Å²) in [7, 11) is -3.83. The van der Waals surface area contributed by atoms with Crippen molar-refractivity contribution < 1.29 is 35.1 Å². The van der Waals surface area contributed by atoms with Crippen molar-refractivity contribution in [3.05, 3.63) is 58.9 Å². The molecule has 3 aliphatic rings. The van der Waals surface area contributed by atoms with E-state index in [9.17, 15) is 30.4 Å². The van der Waals surface area contributed by atoms with Crippen LogP contribution in [-0.4, -0.2) is 44.9 Å². The summed E-state index contributed by atoms with van der Waals surface area (Å²) in [5.41, 5.74) is 0.0453. The minimum atomic E-state index is -3.83. The SMILES string of the molecule is CC1=CC(OC2=C(C(F)F)C3CC(NCC(F)F)CS(=O)(=O)C3C=C2)=CCC(F)=C1. The summed E-state index contributed by atoms with van der Waals surface area (Å²) in [5, 5.41) is 1.28. The van der Waals surface area contributed by atoms with Gasteiger partial charge in [0.05, 0.1) is 17.5 Å². The molecule has 1 heterocycles. The first-order chi connectivity index (χ1) is 14.1. The number of rotatable bonds is 6. The van der Waals surface area contributed by atoms with Gasteiger partial charge in [-0.25, -0.2) is 30.4 Å². The lowest BCUT2D eigenvalue weighted by atomic mass is 9.84. The van der Waals surface area contributed by atoms with Gasteiger partial charge in [0, 0.05) is 24.0 Å². The van der Waals surface area contributed by atoms with E-state index in [-0.39, 0.29) is 24.4 Å². The molecule has 0 spiro atoms. The highest BCUT2D eigenvalue weighted by atomic mass is 32.2. The Labute approximate surface area is 171 Å².